The molecule has 0 aliphatic carbocycles. The van der Waals surface area contributed by atoms with Gasteiger partial charge in [0.15, 0.2) is 5.76 Å². The van der Waals surface area contributed by atoms with Gasteiger partial charge in [0.1, 0.15) is 28.8 Å². The quantitative estimate of drug-likeness (QED) is 0.380. The van der Waals surface area contributed by atoms with Crippen LogP contribution in [-0.4, -0.2) is 53.1 Å². The Morgan fingerprint density at radius 3 is 2.26 bits per heavy atom. The molecule has 0 spiro atoms. The first kappa shape index (κ1) is 23.2. The second-order valence-electron chi connectivity index (χ2n) is 7.45. The van der Waals surface area contributed by atoms with E-state index in [1.54, 1.807) is 49.6 Å². The zero-order valence-corrected chi connectivity index (χ0v) is 20.0. The van der Waals surface area contributed by atoms with Crippen LogP contribution in [0.1, 0.15) is 17.1 Å². The molecule has 0 aliphatic heterocycles. The van der Waals surface area contributed by atoms with Gasteiger partial charge in [0, 0.05) is 18.8 Å². The summed E-state index contributed by atoms with van der Waals surface area (Å²) in [6.45, 7) is 3.66. The fourth-order valence-electron chi connectivity index (χ4n) is 3.29. The Bertz CT molecular complexity index is 1370. The normalized spacial score (nSPS) is 11.4. The monoisotopic (exact) mass is 484 g/mol. The molecule has 4 rings (SSSR count). The van der Waals surface area contributed by atoms with Crippen molar-refractivity contribution in [3.05, 3.63) is 59.9 Å². The van der Waals surface area contributed by atoms with Crippen molar-refractivity contribution in [3.8, 4) is 28.8 Å². The number of ether oxygens (including phenoxy) is 2. The highest BCUT2D eigenvalue weighted by molar-refractivity contribution is 7.92. The van der Waals surface area contributed by atoms with E-state index in [1.807, 2.05) is 6.92 Å². The summed E-state index contributed by atoms with van der Waals surface area (Å²) in [7, 11) is -0.832. The number of nitrogens with one attached hydrogen (secondary N) is 1. The van der Waals surface area contributed by atoms with Gasteiger partial charge in [0.25, 0.3) is 0 Å². The van der Waals surface area contributed by atoms with Gasteiger partial charge in [-0.25, -0.2) is 18.4 Å². The average Bonchev–Trinajstić information content (AvgIpc) is 3.43. The minimum absolute atomic E-state index is 0.0447. The molecule has 0 saturated heterocycles. The number of anilines is 1. The molecule has 0 fully saturated rings. The second kappa shape index (κ2) is 9.51. The van der Waals surface area contributed by atoms with Crippen LogP contribution in [0.5, 0.6) is 11.5 Å². The van der Waals surface area contributed by atoms with E-state index >= 15 is 0 Å². The van der Waals surface area contributed by atoms with E-state index < -0.39 is 10.0 Å². The lowest BCUT2D eigenvalue weighted by atomic mass is 10.2. The third kappa shape index (κ3) is 4.86. The number of nitrogens with zero attached hydrogens (tertiary/aromatic N) is 5. The molecule has 0 radical (unpaired) electrons. The SMILES string of the molecule is COc1cccc(OC)c1-n1c(NS(=O)(=O)CCc2ncc(C)cn2)nnc1-c1ccc(C)o1. The molecule has 0 atom stereocenters. The highest BCUT2D eigenvalue weighted by Gasteiger charge is 2.26. The number of hydrogen-bond donors (Lipinski definition) is 1. The van der Waals surface area contributed by atoms with Gasteiger partial charge in [-0.1, -0.05) is 6.07 Å². The van der Waals surface area contributed by atoms with E-state index in [9.17, 15) is 8.42 Å². The van der Waals surface area contributed by atoms with Crippen molar-refractivity contribution < 1.29 is 22.3 Å². The van der Waals surface area contributed by atoms with Crippen molar-refractivity contribution >= 4 is 16.0 Å². The van der Waals surface area contributed by atoms with Crippen molar-refractivity contribution in [2.24, 2.45) is 0 Å². The molecule has 3 heterocycles. The van der Waals surface area contributed by atoms with Crippen LogP contribution in [0.15, 0.2) is 47.1 Å². The summed E-state index contributed by atoms with van der Waals surface area (Å²) in [4.78, 5) is 8.33. The molecule has 0 amide bonds. The van der Waals surface area contributed by atoms with Gasteiger partial charge < -0.3 is 13.9 Å². The fourth-order valence-corrected chi connectivity index (χ4v) is 4.26. The minimum Gasteiger partial charge on any atom is -0.494 e. The predicted molar refractivity (Wildman–Crippen MR) is 125 cm³/mol. The molecule has 0 aliphatic rings. The third-order valence-corrected chi connectivity index (χ3v) is 6.16. The molecular weight excluding hydrogens is 460 g/mol. The number of aryl methyl sites for hydroxylation is 3. The summed E-state index contributed by atoms with van der Waals surface area (Å²) in [5.74, 6) is 2.33. The van der Waals surface area contributed by atoms with Crippen LogP contribution in [0.25, 0.3) is 17.3 Å². The first-order chi connectivity index (χ1) is 16.3. The summed E-state index contributed by atoms with van der Waals surface area (Å²) >= 11 is 0. The fraction of sp³-hybridized carbons (Fsp3) is 0.273. The van der Waals surface area contributed by atoms with E-state index in [0.717, 1.165) is 5.56 Å². The lowest BCUT2D eigenvalue weighted by molar-refractivity contribution is 0.391. The molecule has 178 valence electrons. The number of methoxy groups -OCH3 is 2. The Balaban J connectivity index is 1.75. The highest BCUT2D eigenvalue weighted by atomic mass is 32.2. The Morgan fingerprint density at radius 2 is 1.68 bits per heavy atom. The van der Waals surface area contributed by atoms with E-state index in [4.69, 9.17) is 13.9 Å². The molecule has 3 aromatic heterocycles. The van der Waals surface area contributed by atoms with Gasteiger partial charge in [-0.2, -0.15) is 0 Å². The molecule has 0 unspecified atom stereocenters. The lowest BCUT2D eigenvalue weighted by Crippen LogP contribution is -2.21. The number of para-hydroxylation sites is 1. The highest BCUT2D eigenvalue weighted by Crippen LogP contribution is 2.38. The maximum Gasteiger partial charge on any atom is 0.243 e. The van der Waals surface area contributed by atoms with Crippen molar-refractivity contribution in [2.75, 3.05) is 24.7 Å². The lowest BCUT2D eigenvalue weighted by Gasteiger charge is -2.17. The summed E-state index contributed by atoms with van der Waals surface area (Å²) in [5.41, 5.74) is 1.31. The van der Waals surface area contributed by atoms with E-state index in [-0.39, 0.29) is 23.9 Å². The van der Waals surface area contributed by atoms with Crippen LogP contribution >= 0.6 is 0 Å². The Morgan fingerprint density at radius 1 is 1.00 bits per heavy atom. The zero-order valence-electron chi connectivity index (χ0n) is 19.1. The third-order valence-electron chi connectivity index (χ3n) is 4.92. The van der Waals surface area contributed by atoms with Gasteiger partial charge in [0.2, 0.25) is 21.8 Å². The van der Waals surface area contributed by atoms with Crippen LogP contribution < -0.4 is 14.2 Å². The molecular formula is C22H24N6O5S. The van der Waals surface area contributed by atoms with Crippen LogP contribution in [0.3, 0.4) is 0 Å². The summed E-state index contributed by atoms with van der Waals surface area (Å²) in [5, 5.41) is 8.30. The number of aromatic nitrogens is 5. The van der Waals surface area contributed by atoms with E-state index in [1.165, 1.54) is 18.8 Å². The van der Waals surface area contributed by atoms with E-state index in [2.05, 4.69) is 24.9 Å². The largest absolute Gasteiger partial charge is 0.494 e. The smallest absolute Gasteiger partial charge is 0.243 e. The summed E-state index contributed by atoms with van der Waals surface area (Å²) < 4.78 is 46.7. The number of sulfonamides is 1. The van der Waals surface area contributed by atoms with Gasteiger partial charge in [0.05, 0.1) is 20.0 Å². The molecule has 0 bridgehead atoms. The standard InChI is InChI=1S/C22H24N6O5S/c1-14-12-23-19(24-13-14)10-11-34(29,30)27-22-26-25-21(18-9-8-15(2)33-18)28(22)20-16(31-3)6-5-7-17(20)32-4/h5-9,12-13H,10-11H2,1-4H3,(H,26,27). The molecule has 34 heavy (non-hydrogen) atoms. The number of rotatable bonds is 9. The van der Waals surface area contributed by atoms with Crippen LogP contribution in [0.2, 0.25) is 0 Å². The Kier molecular flexibility index (Phi) is 6.50. The molecule has 0 saturated carbocycles. The summed E-state index contributed by atoms with van der Waals surface area (Å²) in [6.07, 6.45) is 3.42. The first-order valence-corrected chi connectivity index (χ1v) is 12.0. The number of benzene rings is 1. The average molecular weight is 485 g/mol. The van der Waals surface area contributed by atoms with Crippen molar-refractivity contribution in [1.29, 1.82) is 0 Å². The van der Waals surface area contributed by atoms with Crippen molar-refractivity contribution in [2.45, 2.75) is 20.3 Å². The van der Waals surface area contributed by atoms with Crippen LogP contribution in [-0.2, 0) is 16.4 Å². The molecule has 11 nitrogen and oxygen atoms in total. The summed E-state index contributed by atoms with van der Waals surface area (Å²) in [6, 6.07) is 8.71. The van der Waals surface area contributed by atoms with Gasteiger partial charge in [-0.05, 0) is 43.7 Å². The van der Waals surface area contributed by atoms with Crippen molar-refractivity contribution in [3.63, 3.8) is 0 Å². The Hall–Kier alpha value is -3.93. The number of hydrogen-bond acceptors (Lipinski definition) is 9. The first-order valence-electron chi connectivity index (χ1n) is 10.3. The molecule has 1 aromatic carbocycles. The molecule has 1 N–H and O–H groups in total. The van der Waals surface area contributed by atoms with Crippen molar-refractivity contribution in [1.82, 2.24) is 24.7 Å². The van der Waals surface area contributed by atoms with Crippen LogP contribution in [0.4, 0.5) is 5.95 Å². The maximum absolute atomic E-state index is 12.9. The van der Waals surface area contributed by atoms with E-state index in [0.29, 0.717) is 34.5 Å². The maximum atomic E-state index is 12.9. The Labute approximate surface area is 196 Å². The predicted octanol–water partition coefficient (Wildman–Crippen LogP) is 2.94. The van der Waals surface area contributed by atoms with Gasteiger partial charge >= 0.3 is 0 Å². The van der Waals surface area contributed by atoms with Gasteiger partial charge in [-0.15, -0.1) is 10.2 Å². The molecule has 12 heteroatoms. The van der Waals surface area contributed by atoms with Crippen LogP contribution in [0, 0.1) is 13.8 Å². The molecule has 4 aromatic rings. The van der Waals surface area contributed by atoms with Gasteiger partial charge in [-0.3, -0.25) is 9.29 Å². The topological polar surface area (TPSA) is 134 Å². The zero-order chi connectivity index (χ0) is 24.3. The second-order valence-corrected chi connectivity index (χ2v) is 9.29. The minimum atomic E-state index is -3.84. The number of furan rings is 1.